The molecule has 17 heavy (non-hydrogen) atoms. The summed E-state index contributed by atoms with van der Waals surface area (Å²) in [4.78, 5) is 12.6. The van der Waals surface area contributed by atoms with E-state index in [1.54, 1.807) is 12.1 Å². The number of benzene rings is 1. The third kappa shape index (κ3) is 3.22. The highest BCUT2D eigenvalue weighted by Gasteiger charge is 2.03. The zero-order valence-corrected chi connectivity index (χ0v) is 9.68. The standard InChI is InChI=1S/C10H11N5OS/c11-9-13-8(14-10(12)15-9)5-17-7-3-1-6(16)2-4-7/h1-4,16H,5H2,(H4,11,12,13,14,15). The molecule has 0 aliphatic rings. The molecule has 1 heterocycles. The van der Waals surface area contributed by atoms with Gasteiger partial charge in [0.1, 0.15) is 11.6 Å². The van der Waals surface area contributed by atoms with Gasteiger partial charge in [0, 0.05) is 4.90 Å². The van der Waals surface area contributed by atoms with Gasteiger partial charge in [0.15, 0.2) is 0 Å². The van der Waals surface area contributed by atoms with E-state index in [9.17, 15) is 0 Å². The molecule has 6 nitrogen and oxygen atoms in total. The lowest BCUT2D eigenvalue weighted by atomic mass is 10.3. The third-order valence-corrected chi connectivity index (χ3v) is 2.93. The molecule has 2 aromatic rings. The fraction of sp³-hybridized carbons (Fsp3) is 0.100. The third-order valence-electron chi connectivity index (χ3n) is 1.92. The van der Waals surface area contributed by atoms with Gasteiger partial charge in [-0.15, -0.1) is 11.8 Å². The van der Waals surface area contributed by atoms with Crippen LogP contribution < -0.4 is 11.5 Å². The molecule has 2 rings (SSSR count). The first kappa shape index (κ1) is 11.5. The number of aromatic hydroxyl groups is 1. The van der Waals surface area contributed by atoms with E-state index in [2.05, 4.69) is 15.0 Å². The van der Waals surface area contributed by atoms with Crippen LogP contribution in [0.5, 0.6) is 5.75 Å². The van der Waals surface area contributed by atoms with Crippen LogP contribution in [0.3, 0.4) is 0 Å². The lowest BCUT2D eigenvalue weighted by molar-refractivity contribution is 0.475. The molecule has 0 fully saturated rings. The second kappa shape index (κ2) is 4.88. The molecule has 1 aromatic carbocycles. The Morgan fingerprint density at radius 1 is 1.00 bits per heavy atom. The number of anilines is 2. The van der Waals surface area contributed by atoms with Crippen molar-refractivity contribution in [1.82, 2.24) is 15.0 Å². The van der Waals surface area contributed by atoms with Gasteiger partial charge in [-0.1, -0.05) is 0 Å². The molecule has 0 radical (unpaired) electrons. The number of nitrogens with two attached hydrogens (primary N) is 2. The Morgan fingerprint density at radius 2 is 1.59 bits per heavy atom. The van der Waals surface area contributed by atoms with Gasteiger partial charge in [0.05, 0.1) is 5.75 Å². The maximum Gasteiger partial charge on any atom is 0.225 e. The van der Waals surface area contributed by atoms with Crippen LogP contribution in [0.4, 0.5) is 11.9 Å². The average molecular weight is 249 g/mol. The Hall–Kier alpha value is -2.02. The first-order valence-electron chi connectivity index (χ1n) is 4.81. The number of nitrogen functional groups attached to an aromatic ring is 2. The Bertz CT molecular complexity index is 496. The van der Waals surface area contributed by atoms with Crippen LogP contribution in [-0.2, 0) is 5.75 Å². The Labute approximate surface area is 102 Å². The second-order valence-electron chi connectivity index (χ2n) is 3.25. The molecule has 0 aliphatic carbocycles. The molecule has 88 valence electrons. The summed E-state index contributed by atoms with van der Waals surface area (Å²) in [6.45, 7) is 0. The molecule has 1 aromatic heterocycles. The SMILES string of the molecule is Nc1nc(N)nc(CSc2ccc(O)cc2)n1. The average Bonchev–Trinajstić information content (AvgIpc) is 2.27. The van der Waals surface area contributed by atoms with Crippen LogP contribution in [0.15, 0.2) is 29.2 Å². The number of aromatic nitrogens is 3. The highest BCUT2D eigenvalue weighted by atomic mass is 32.2. The largest absolute Gasteiger partial charge is 0.508 e. The molecular weight excluding hydrogens is 238 g/mol. The molecule has 0 unspecified atom stereocenters. The van der Waals surface area contributed by atoms with Crippen LogP contribution >= 0.6 is 11.8 Å². The molecule has 7 heteroatoms. The Morgan fingerprint density at radius 3 is 2.18 bits per heavy atom. The normalized spacial score (nSPS) is 10.4. The molecule has 5 N–H and O–H groups in total. The summed E-state index contributed by atoms with van der Waals surface area (Å²) in [6.07, 6.45) is 0. The van der Waals surface area contributed by atoms with Gasteiger partial charge in [-0.3, -0.25) is 0 Å². The molecule has 0 atom stereocenters. The van der Waals surface area contributed by atoms with Gasteiger partial charge in [0.2, 0.25) is 11.9 Å². The summed E-state index contributed by atoms with van der Waals surface area (Å²) < 4.78 is 0. The van der Waals surface area contributed by atoms with Gasteiger partial charge in [0.25, 0.3) is 0 Å². The monoisotopic (exact) mass is 249 g/mol. The fourth-order valence-electron chi connectivity index (χ4n) is 1.21. The van der Waals surface area contributed by atoms with E-state index in [-0.39, 0.29) is 17.6 Å². The quantitative estimate of drug-likeness (QED) is 0.697. The van der Waals surface area contributed by atoms with Gasteiger partial charge >= 0.3 is 0 Å². The minimum Gasteiger partial charge on any atom is -0.508 e. The first-order chi connectivity index (χ1) is 8.13. The molecule has 0 saturated carbocycles. The zero-order chi connectivity index (χ0) is 12.3. The number of rotatable bonds is 3. The lowest BCUT2D eigenvalue weighted by Gasteiger charge is -2.02. The topological polar surface area (TPSA) is 111 Å². The Balaban J connectivity index is 2.04. The van der Waals surface area contributed by atoms with E-state index in [0.29, 0.717) is 11.6 Å². The number of thioether (sulfide) groups is 1. The highest BCUT2D eigenvalue weighted by Crippen LogP contribution is 2.23. The highest BCUT2D eigenvalue weighted by molar-refractivity contribution is 7.98. The second-order valence-corrected chi connectivity index (χ2v) is 4.30. The maximum atomic E-state index is 9.14. The number of nitrogens with zero attached hydrogens (tertiary/aromatic N) is 3. The van der Waals surface area contributed by atoms with E-state index >= 15 is 0 Å². The van der Waals surface area contributed by atoms with E-state index in [0.717, 1.165) is 4.90 Å². The maximum absolute atomic E-state index is 9.14. The summed E-state index contributed by atoms with van der Waals surface area (Å²) in [5.74, 6) is 1.57. The van der Waals surface area contributed by atoms with Crippen molar-refractivity contribution in [3.05, 3.63) is 30.1 Å². The van der Waals surface area contributed by atoms with Crippen molar-refractivity contribution in [2.24, 2.45) is 0 Å². The number of phenolic OH excluding ortho intramolecular Hbond substituents is 1. The Kier molecular flexibility index (Phi) is 3.29. The van der Waals surface area contributed by atoms with Gasteiger partial charge in [-0.05, 0) is 24.3 Å². The van der Waals surface area contributed by atoms with Crippen LogP contribution in [0.1, 0.15) is 5.82 Å². The van der Waals surface area contributed by atoms with Crippen molar-refractivity contribution in [2.45, 2.75) is 10.6 Å². The van der Waals surface area contributed by atoms with Crippen molar-refractivity contribution in [3.8, 4) is 5.75 Å². The predicted octanol–water partition coefficient (Wildman–Crippen LogP) is 1.03. The van der Waals surface area contributed by atoms with E-state index in [1.807, 2.05) is 12.1 Å². The number of hydrogen-bond donors (Lipinski definition) is 3. The van der Waals surface area contributed by atoms with E-state index in [1.165, 1.54) is 11.8 Å². The van der Waals surface area contributed by atoms with Crippen LogP contribution in [0.2, 0.25) is 0 Å². The van der Waals surface area contributed by atoms with Crippen molar-refractivity contribution < 1.29 is 5.11 Å². The molecule has 0 bridgehead atoms. The van der Waals surface area contributed by atoms with E-state index < -0.39 is 0 Å². The zero-order valence-electron chi connectivity index (χ0n) is 8.87. The smallest absolute Gasteiger partial charge is 0.225 e. The lowest BCUT2D eigenvalue weighted by Crippen LogP contribution is -2.05. The summed E-state index contributed by atoms with van der Waals surface area (Å²) >= 11 is 1.52. The van der Waals surface area contributed by atoms with Crippen LogP contribution in [-0.4, -0.2) is 20.1 Å². The minimum atomic E-state index is 0.124. The van der Waals surface area contributed by atoms with Crippen LogP contribution in [0.25, 0.3) is 0 Å². The molecule has 0 spiro atoms. The predicted molar refractivity (Wildman–Crippen MR) is 66.3 cm³/mol. The molecular formula is C10H11N5OS. The van der Waals surface area contributed by atoms with Gasteiger partial charge in [-0.25, -0.2) is 0 Å². The van der Waals surface area contributed by atoms with Gasteiger partial charge in [-0.2, -0.15) is 15.0 Å². The number of phenols is 1. The minimum absolute atomic E-state index is 0.124. The first-order valence-corrected chi connectivity index (χ1v) is 5.80. The summed E-state index contributed by atoms with van der Waals surface area (Å²) in [5.41, 5.74) is 10.9. The molecule has 0 saturated heterocycles. The molecule has 0 aliphatic heterocycles. The van der Waals surface area contributed by atoms with Crippen molar-refractivity contribution >= 4 is 23.7 Å². The summed E-state index contributed by atoms with van der Waals surface area (Å²) in [6, 6.07) is 6.87. The summed E-state index contributed by atoms with van der Waals surface area (Å²) in [5, 5.41) is 9.14. The van der Waals surface area contributed by atoms with Crippen LogP contribution in [0, 0.1) is 0 Å². The van der Waals surface area contributed by atoms with Crippen molar-refractivity contribution in [2.75, 3.05) is 11.5 Å². The van der Waals surface area contributed by atoms with Gasteiger partial charge < -0.3 is 16.6 Å². The van der Waals surface area contributed by atoms with Crippen molar-refractivity contribution in [1.29, 1.82) is 0 Å². The number of hydrogen-bond acceptors (Lipinski definition) is 7. The fourth-order valence-corrected chi connectivity index (χ4v) is 1.97. The summed E-state index contributed by atoms with van der Waals surface area (Å²) in [7, 11) is 0. The molecule has 0 amide bonds. The van der Waals surface area contributed by atoms with E-state index in [4.69, 9.17) is 16.6 Å². The van der Waals surface area contributed by atoms with Crippen molar-refractivity contribution in [3.63, 3.8) is 0 Å².